The number of fused-ring (bicyclic) bond motifs is 1. The molecule has 0 saturated carbocycles. The highest BCUT2D eigenvalue weighted by Crippen LogP contribution is 2.32. The first kappa shape index (κ1) is 21.2. The van der Waals surface area contributed by atoms with Gasteiger partial charge in [0.25, 0.3) is 11.6 Å². The van der Waals surface area contributed by atoms with Crippen LogP contribution in [0, 0.1) is 10.1 Å². The van der Waals surface area contributed by atoms with Crippen molar-refractivity contribution in [2.75, 3.05) is 11.1 Å². The van der Waals surface area contributed by atoms with E-state index in [0.717, 1.165) is 10.8 Å². The number of thiazole rings is 1. The average Bonchev–Trinajstić information content (AvgIpc) is 3.08. The number of rotatable bonds is 8. The normalized spacial score (nSPS) is 10.7. The van der Waals surface area contributed by atoms with Crippen molar-refractivity contribution in [1.82, 2.24) is 4.98 Å². The number of carbonyl (C=O) groups excluding carboxylic acids is 1. The van der Waals surface area contributed by atoms with Crippen molar-refractivity contribution in [3.05, 3.63) is 57.6 Å². The van der Waals surface area contributed by atoms with Gasteiger partial charge in [0.05, 0.1) is 27.1 Å². The van der Waals surface area contributed by atoms with E-state index in [1.54, 1.807) is 18.2 Å². The Bertz CT molecular complexity index is 1180. The molecule has 0 saturated heterocycles. The zero-order valence-electron chi connectivity index (χ0n) is 15.0. The third-order valence-electron chi connectivity index (χ3n) is 3.87. The number of benzene rings is 2. The Morgan fingerprint density at radius 3 is 2.63 bits per heavy atom. The highest BCUT2D eigenvalue weighted by molar-refractivity contribution is 8.01. The Kier molecular flexibility index (Phi) is 6.28. The molecule has 1 aromatic heterocycles. The van der Waals surface area contributed by atoms with Gasteiger partial charge in [-0.1, -0.05) is 17.8 Å². The van der Waals surface area contributed by atoms with Gasteiger partial charge in [-0.25, -0.2) is 9.78 Å². The van der Waals surface area contributed by atoms with Crippen molar-refractivity contribution >= 4 is 62.5 Å². The SMILES string of the molecule is O=C(O)CCSc1nc2ccc(NC(=O)c3cccc([N+](=O)[O-])c3C(=O)O)cc2s1. The number of carboxylic acids is 2. The number of nitro groups is 1. The molecule has 30 heavy (non-hydrogen) atoms. The first-order valence-corrected chi connectivity index (χ1v) is 10.1. The van der Waals surface area contributed by atoms with Gasteiger partial charge < -0.3 is 15.5 Å². The molecule has 0 aliphatic rings. The van der Waals surface area contributed by atoms with Crippen LogP contribution in [0.5, 0.6) is 0 Å². The standard InChI is InChI=1S/C18H13N3O7S2/c22-14(23)6-7-29-18-20-11-5-4-9(8-13(11)30-18)19-16(24)10-2-1-3-12(21(27)28)15(10)17(25)26/h1-5,8H,6-7H2,(H,19,24)(H,22,23)(H,25,26). The largest absolute Gasteiger partial charge is 0.481 e. The zero-order valence-corrected chi connectivity index (χ0v) is 16.7. The number of nitrogens with one attached hydrogen (secondary N) is 1. The van der Waals surface area contributed by atoms with Crippen LogP contribution in [0.4, 0.5) is 11.4 Å². The molecule has 0 radical (unpaired) electrons. The smallest absolute Gasteiger partial charge is 0.343 e. The Morgan fingerprint density at radius 1 is 1.20 bits per heavy atom. The summed E-state index contributed by atoms with van der Waals surface area (Å²) < 4.78 is 1.42. The lowest BCUT2D eigenvalue weighted by atomic mass is 10.0. The molecule has 0 spiro atoms. The molecule has 3 aromatic rings. The molecule has 0 bridgehead atoms. The molecule has 154 valence electrons. The summed E-state index contributed by atoms with van der Waals surface area (Å²) in [6.45, 7) is 0. The summed E-state index contributed by atoms with van der Waals surface area (Å²) in [4.78, 5) is 49.3. The number of nitrogens with zero attached hydrogens (tertiary/aromatic N) is 2. The van der Waals surface area contributed by atoms with E-state index < -0.39 is 34.0 Å². The minimum absolute atomic E-state index is 0.0109. The van der Waals surface area contributed by atoms with Crippen LogP contribution >= 0.6 is 23.1 Å². The van der Waals surface area contributed by atoms with E-state index in [2.05, 4.69) is 10.3 Å². The van der Waals surface area contributed by atoms with Crippen LogP contribution < -0.4 is 5.32 Å². The third kappa shape index (κ3) is 4.72. The molecule has 3 rings (SSSR count). The lowest BCUT2D eigenvalue weighted by molar-refractivity contribution is -0.385. The first-order chi connectivity index (χ1) is 14.3. The summed E-state index contributed by atoms with van der Waals surface area (Å²) >= 11 is 2.64. The van der Waals surface area contributed by atoms with Crippen LogP contribution in [0.15, 0.2) is 40.7 Å². The van der Waals surface area contributed by atoms with Gasteiger partial charge in [-0.3, -0.25) is 19.7 Å². The van der Waals surface area contributed by atoms with Crippen molar-refractivity contribution in [2.45, 2.75) is 10.8 Å². The fourth-order valence-electron chi connectivity index (χ4n) is 2.57. The highest BCUT2D eigenvalue weighted by Gasteiger charge is 2.27. The number of aliphatic carboxylic acids is 1. The lowest BCUT2D eigenvalue weighted by Crippen LogP contribution is -2.17. The van der Waals surface area contributed by atoms with Gasteiger partial charge >= 0.3 is 11.9 Å². The van der Waals surface area contributed by atoms with Crippen LogP contribution in [0.3, 0.4) is 0 Å². The highest BCUT2D eigenvalue weighted by atomic mass is 32.2. The summed E-state index contributed by atoms with van der Waals surface area (Å²) in [5.74, 6) is -2.89. The third-order valence-corrected chi connectivity index (χ3v) is 6.03. The van der Waals surface area contributed by atoms with Gasteiger partial charge in [-0.05, 0) is 24.3 Å². The van der Waals surface area contributed by atoms with Crippen molar-refractivity contribution in [3.63, 3.8) is 0 Å². The molecule has 0 atom stereocenters. The maximum atomic E-state index is 12.6. The summed E-state index contributed by atoms with van der Waals surface area (Å²) in [6.07, 6.45) is 0.0109. The van der Waals surface area contributed by atoms with Crippen LogP contribution in [0.2, 0.25) is 0 Å². The number of nitro benzene ring substituents is 1. The summed E-state index contributed by atoms with van der Waals surface area (Å²) in [7, 11) is 0. The number of anilines is 1. The topological polar surface area (TPSA) is 160 Å². The summed E-state index contributed by atoms with van der Waals surface area (Å²) in [6, 6.07) is 8.34. The quantitative estimate of drug-likeness (QED) is 0.265. The molecule has 0 unspecified atom stereocenters. The molecule has 0 aliphatic heterocycles. The molecule has 0 fully saturated rings. The lowest BCUT2D eigenvalue weighted by Gasteiger charge is -2.08. The summed E-state index contributed by atoms with van der Waals surface area (Å²) in [5, 5.41) is 31.7. The van der Waals surface area contributed by atoms with Gasteiger partial charge in [-0.2, -0.15) is 0 Å². The maximum Gasteiger partial charge on any atom is 0.343 e. The van der Waals surface area contributed by atoms with Gasteiger partial charge in [0.1, 0.15) is 5.56 Å². The number of thioether (sulfide) groups is 1. The second-order valence-electron chi connectivity index (χ2n) is 5.87. The van der Waals surface area contributed by atoms with E-state index in [1.807, 2.05) is 0 Å². The fraction of sp³-hybridized carbons (Fsp3) is 0.111. The minimum atomic E-state index is -1.58. The molecule has 1 heterocycles. The molecule has 1 amide bonds. The summed E-state index contributed by atoms with van der Waals surface area (Å²) in [5.41, 5.74) is -0.656. The molecular formula is C18H13N3O7S2. The maximum absolute atomic E-state index is 12.6. The van der Waals surface area contributed by atoms with E-state index in [1.165, 1.54) is 35.2 Å². The molecule has 2 aromatic carbocycles. The van der Waals surface area contributed by atoms with E-state index in [0.29, 0.717) is 21.3 Å². The number of hydrogen-bond acceptors (Lipinski definition) is 8. The minimum Gasteiger partial charge on any atom is -0.481 e. The predicted octanol–water partition coefficient (Wildman–Crippen LogP) is 3.72. The predicted molar refractivity (Wildman–Crippen MR) is 111 cm³/mol. The number of aromatic carboxylic acids is 1. The zero-order chi connectivity index (χ0) is 21.8. The number of carbonyl (C=O) groups is 3. The fourth-order valence-corrected chi connectivity index (χ4v) is 4.68. The Morgan fingerprint density at radius 2 is 1.97 bits per heavy atom. The molecule has 12 heteroatoms. The van der Waals surface area contributed by atoms with Crippen LogP contribution in [-0.2, 0) is 4.79 Å². The van der Waals surface area contributed by atoms with Crippen molar-refractivity contribution < 1.29 is 29.5 Å². The molecule has 0 aliphatic carbocycles. The van der Waals surface area contributed by atoms with Gasteiger partial charge in [-0.15, -0.1) is 11.3 Å². The van der Waals surface area contributed by atoms with Crippen LogP contribution in [0.1, 0.15) is 27.1 Å². The second kappa shape index (κ2) is 8.88. The van der Waals surface area contributed by atoms with Crippen molar-refractivity contribution in [3.8, 4) is 0 Å². The van der Waals surface area contributed by atoms with Gasteiger partial charge in [0.2, 0.25) is 0 Å². The number of hydrogen-bond donors (Lipinski definition) is 3. The van der Waals surface area contributed by atoms with E-state index >= 15 is 0 Å². The van der Waals surface area contributed by atoms with Crippen LogP contribution in [0.25, 0.3) is 10.2 Å². The van der Waals surface area contributed by atoms with Gasteiger partial charge in [0, 0.05) is 17.5 Å². The number of carboxylic acid groups (broad SMARTS) is 2. The number of amides is 1. The van der Waals surface area contributed by atoms with E-state index in [9.17, 15) is 29.6 Å². The monoisotopic (exact) mass is 447 g/mol. The molecule has 3 N–H and O–H groups in total. The number of aromatic nitrogens is 1. The molecule has 10 nitrogen and oxygen atoms in total. The van der Waals surface area contributed by atoms with E-state index in [-0.39, 0.29) is 12.0 Å². The Balaban J connectivity index is 1.83. The van der Waals surface area contributed by atoms with Crippen LogP contribution in [-0.4, -0.2) is 43.7 Å². The van der Waals surface area contributed by atoms with Gasteiger partial charge in [0.15, 0.2) is 4.34 Å². The first-order valence-electron chi connectivity index (χ1n) is 8.33. The second-order valence-corrected chi connectivity index (χ2v) is 8.24. The molecular weight excluding hydrogens is 434 g/mol. The van der Waals surface area contributed by atoms with E-state index in [4.69, 9.17) is 5.11 Å². The van der Waals surface area contributed by atoms with Crippen molar-refractivity contribution in [1.29, 1.82) is 0 Å². The van der Waals surface area contributed by atoms with Crippen molar-refractivity contribution in [2.24, 2.45) is 0 Å². The Hall–Kier alpha value is -3.51. The Labute approximate surface area is 176 Å². The average molecular weight is 447 g/mol.